The molecule has 1 aromatic carbocycles. The predicted molar refractivity (Wildman–Crippen MR) is 118 cm³/mol. The lowest BCUT2D eigenvalue weighted by atomic mass is 10.0. The monoisotopic (exact) mass is 498 g/mol. The molecule has 184 valence electrons. The van der Waals surface area contributed by atoms with Gasteiger partial charge in [-0.05, 0) is 30.0 Å². The summed E-state index contributed by atoms with van der Waals surface area (Å²) in [5, 5.41) is 5.86. The fourth-order valence-electron chi connectivity index (χ4n) is 3.76. The molecule has 0 atom stereocenters. The van der Waals surface area contributed by atoms with E-state index >= 15 is 0 Å². The summed E-state index contributed by atoms with van der Waals surface area (Å²) in [5.41, 5.74) is -0.114. The van der Waals surface area contributed by atoms with Crippen LogP contribution in [0.2, 0.25) is 0 Å². The molecule has 8 nitrogen and oxygen atoms in total. The van der Waals surface area contributed by atoms with Crippen molar-refractivity contribution in [3.8, 4) is 11.1 Å². The predicted octanol–water partition coefficient (Wildman–Crippen LogP) is 4.43. The van der Waals surface area contributed by atoms with Crippen LogP contribution in [0.15, 0.2) is 59.8 Å². The van der Waals surface area contributed by atoms with Gasteiger partial charge in [0.15, 0.2) is 11.6 Å². The molecule has 4 aromatic rings. The van der Waals surface area contributed by atoms with Crippen molar-refractivity contribution in [2.24, 2.45) is 0 Å². The fraction of sp³-hybridized carbons (Fsp3) is 0.250. The number of anilines is 1. The number of carbonyl (C=O) groups is 1. The SMILES string of the molecule is O=C(Cc1ccc(-c2cnc(Cc3cnccn3)nc2)cc1F)Nc1cc(C2(C(F)(F)F)CC2)on1. The largest absolute Gasteiger partial charge is 0.401 e. The third-order valence-electron chi connectivity index (χ3n) is 5.94. The van der Waals surface area contributed by atoms with Gasteiger partial charge < -0.3 is 9.84 Å². The summed E-state index contributed by atoms with van der Waals surface area (Å²) >= 11 is 0. The van der Waals surface area contributed by atoms with E-state index in [9.17, 15) is 22.4 Å². The molecule has 36 heavy (non-hydrogen) atoms. The van der Waals surface area contributed by atoms with Crippen molar-refractivity contribution < 1.29 is 26.9 Å². The molecule has 1 N–H and O–H groups in total. The van der Waals surface area contributed by atoms with Gasteiger partial charge in [-0.15, -0.1) is 0 Å². The Morgan fingerprint density at radius 2 is 1.81 bits per heavy atom. The van der Waals surface area contributed by atoms with Gasteiger partial charge in [0.05, 0.1) is 18.5 Å². The van der Waals surface area contributed by atoms with Gasteiger partial charge in [0.1, 0.15) is 17.1 Å². The van der Waals surface area contributed by atoms with Gasteiger partial charge >= 0.3 is 6.18 Å². The maximum atomic E-state index is 14.7. The van der Waals surface area contributed by atoms with E-state index in [2.05, 4.69) is 30.4 Å². The molecule has 1 amide bonds. The smallest absolute Gasteiger partial charge is 0.358 e. The Morgan fingerprint density at radius 3 is 2.44 bits per heavy atom. The van der Waals surface area contributed by atoms with Crippen LogP contribution in [0.1, 0.15) is 35.7 Å². The normalized spacial score (nSPS) is 14.4. The first-order valence-corrected chi connectivity index (χ1v) is 10.9. The highest BCUT2D eigenvalue weighted by Gasteiger charge is 2.66. The lowest BCUT2D eigenvalue weighted by molar-refractivity contribution is -0.165. The van der Waals surface area contributed by atoms with Crippen molar-refractivity contribution in [3.63, 3.8) is 0 Å². The minimum atomic E-state index is -4.46. The van der Waals surface area contributed by atoms with Crippen LogP contribution in [0.4, 0.5) is 23.4 Å². The van der Waals surface area contributed by atoms with Crippen LogP contribution >= 0.6 is 0 Å². The van der Waals surface area contributed by atoms with Gasteiger partial charge in [-0.25, -0.2) is 14.4 Å². The summed E-state index contributed by atoms with van der Waals surface area (Å²) in [6, 6.07) is 5.40. The average molecular weight is 498 g/mol. The highest BCUT2D eigenvalue weighted by molar-refractivity contribution is 5.91. The van der Waals surface area contributed by atoms with Crippen molar-refractivity contribution >= 4 is 11.7 Å². The van der Waals surface area contributed by atoms with Crippen molar-refractivity contribution in [3.05, 3.63) is 83.9 Å². The van der Waals surface area contributed by atoms with Crippen LogP contribution in [0.3, 0.4) is 0 Å². The maximum absolute atomic E-state index is 14.7. The van der Waals surface area contributed by atoms with E-state index in [1.54, 1.807) is 37.1 Å². The summed E-state index contributed by atoms with van der Waals surface area (Å²) < 4.78 is 59.2. The minimum absolute atomic E-state index is 0.0912. The molecular weight excluding hydrogens is 480 g/mol. The number of aromatic nitrogens is 5. The second kappa shape index (κ2) is 9.10. The van der Waals surface area contributed by atoms with E-state index in [0.29, 0.717) is 29.1 Å². The minimum Gasteiger partial charge on any atom is -0.358 e. The van der Waals surface area contributed by atoms with E-state index < -0.39 is 23.3 Å². The third-order valence-corrected chi connectivity index (χ3v) is 5.94. The van der Waals surface area contributed by atoms with E-state index in [1.807, 2.05) is 0 Å². The standard InChI is InChI=1S/C24H18F4N6O2/c25-18-7-14(16-11-31-20(32-12-16)9-17-13-29-5-6-30-17)1-2-15(18)8-22(35)33-21-10-19(36-34-21)23(3-4-23)24(26,27)28/h1-2,5-7,10-13H,3-4,8-9H2,(H,33,34,35). The number of alkyl halides is 3. The van der Waals surface area contributed by atoms with Crippen LogP contribution in [-0.2, 0) is 23.1 Å². The molecule has 5 rings (SSSR count). The second-order valence-corrected chi connectivity index (χ2v) is 8.45. The first-order valence-electron chi connectivity index (χ1n) is 10.9. The van der Waals surface area contributed by atoms with Gasteiger partial charge in [0.25, 0.3) is 0 Å². The Bertz CT molecular complexity index is 1390. The molecule has 0 radical (unpaired) electrons. The highest BCUT2D eigenvalue weighted by Crippen LogP contribution is 2.59. The molecule has 1 fully saturated rings. The molecule has 3 heterocycles. The number of benzene rings is 1. The van der Waals surface area contributed by atoms with E-state index in [-0.39, 0.29) is 36.4 Å². The molecule has 0 aliphatic heterocycles. The van der Waals surface area contributed by atoms with Gasteiger partial charge in [-0.2, -0.15) is 13.2 Å². The van der Waals surface area contributed by atoms with Crippen molar-refractivity contribution in [2.45, 2.75) is 37.3 Å². The zero-order chi connectivity index (χ0) is 25.3. The average Bonchev–Trinajstić information content (AvgIpc) is 3.55. The number of halogens is 4. The van der Waals surface area contributed by atoms with Crippen LogP contribution in [0.5, 0.6) is 0 Å². The van der Waals surface area contributed by atoms with Crippen LogP contribution < -0.4 is 5.32 Å². The van der Waals surface area contributed by atoms with Gasteiger partial charge in [0.2, 0.25) is 5.91 Å². The molecule has 1 saturated carbocycles. The Kier molecular flexibility index (Phi) is 5.94. The van der Waals surface area contributed by atoms with Gasteiger partial charge in [-0.3, -0.25) is 14.8 Å². The molecular formula is C24H18F4N6O2. The summed E-state index contributed by atoms with van der Waals surface area (Å²) in [6.07, 6.45) is 3.32. The van der Waals surface area contributed by atoms with Crippen LogP contribution in [-0.4, -0.2) is 37.2 Å². The highest BCUT2D eigenvalue weighted by atomic mass is 19.4. The number of amides is 1. The fourth-order valence-corrected chi connectivity index (χ4v) is 3.76. The summed E-state index contributed by atoms with van der Waals surface area (Å²) in [4.78, 5) is 29.1. The number of hydrogen-bond acceptors (Lipinski definition) is 7. The van der Waals surface area contributed by atoms with Crippen LogP contribution in [0.25, 0.3) is 11.1 Å². The molecule has 0 spiro atoms. The zero-order valence-corrected chi connectivity index (χ0v) is 18.6. The summed E-state index contributed by atoms with van der Waals surface area (Å²) in [7, 11) is 0. The third kappa shape index (κ3) is 4.79. The Morgan fingerprint density at radius 1 is 1.03 bits per heavy atom. The zero-order valence-electron chi connectivity index (χ0n) is 18.6. The topological polar surface area (TPSA) is 107 Å². The first-order chi connectivity index (χ1) is 17.2. The number of hydrogen-bond donors (Lipinski definition) is 1. The first kappa shape index (κ1) is 23.5. The summed E-state index contributed by atoms with van der Waals surface area (Å²) in [5.74, 6) is -1.23. The second-order valence-electron chi connectivity index (χ2n) is 8.45. The molecule has 3 aromatic heterocycles. The lowest BCUT2D eigenvalue weighted by Gasteiger charge is -2.14. The van der Waals surface area contributed by atoms with E-state index in [1.165, 1.54) is 12.1 Å². The van der Waals surface area contributed by atoms with Crippen molar-refractivity contribution in [1.82, 2.24) is 25.1 Å². The van der Waals surface area contributed by atoms with Crippen molar-refractivity contribution in [2.75, 3.05) is 5.32 Å². The molecule has 1 aliphatic carbocycles. The molecule has 0 saturated heterocycles. The quantitative estimate of drug-likeness (QED) is 0.376. The number of carbonyl (C=O) groups excluding carboxylic acids is 1. The van der Waals surface area contributed by atoms with Crippen molar-refractivity contribution in [1.29, 1.82) is 0 Å². The molecule has 12 heteroatoms. The van der Waals surface area contributed by atoms with E-state index in [4.69, 9.17) is 4.52 Å². The molecule has 0 bridgehead atoms. The van der Waals surface area contributed by atoms with Gasteiger partial charge in [-0.1, -0.05) is 17.3 Å². The Balaban J connectivity index is 1.22. The van der Waals surface area contributed by atoms with Gasteiger partial charge in [0, 0.05) is 42.6 Å². The Hall–Kier alpha value is -4.22. The molecule has 1 aliphatic rings. The van der Waals surface area contributed by atoms with E-state index in [0.717, 1.165) is 6.07 Å². The number of nitrogens with one attached hydrogen (secondary N) is 1. The van der Waals surface area contributed by atoms with Crippen LogP contribution in [0, 0.1) is 5.82 Å². The number of rotatable bonds is 7. The number of nitrogens with zero attached hydrogens (tertiary/aromatic N) is 5. The molecule has 0 unspecified atom stereocenters. The summed E-state index contributed by atoms with van der Waals surface area (Å²) in [6.45, 7) is 0. The maximum Gasteiger partial charge on any atom is 0.401 e. The Labute approximate surface area is 201 Å². The lowest BCUT2D eigenvalue weighted by Crippen LogP contribution is -2.28.